The van der Waals surface area contributed by atoms with Gasteiger partial charge in [0.1, 0.15) is 5.75 Å². The van der Waals surface area contributed by atoms with Crippen molar-refractivity contribution in [1.82, 2.24) is 0 Å². The third kappa shape index (κ3) is 1.97. The van der Waals surface area contributed by atoms with E-state index in [1.165, 1.54) is 6.07 Å². The molecular formula is C12H7F3O3. The molecule has 2 aromatic rings. The standard InChI is InChI=1S/C12H7F3O3/c13-12(14,15)9-3-1-2-7-8(9)4-6(11(17)18)5-10(7)16/h1-5,16H,(H,17,18). The van der Waals surface area contributed by atoms with Crippen LogP contribution in [0, 0.1) is 0 Å². The molecule has 0 aromatic heterocycles. The Morgan fingerprint density at radius 1 is 1.11 bits per heavy atom. The third-order valence-electron chi connectivity index (χ3n) is 2.53. The largest absolute Gasteiger partial charge is 0.507 e. The number of phenols is 1. The molecule has 0 heterocycles. The van der Waals surface area contributed by atoms with Gasteiger partial charge in [0.05, 0.1) is 11.1 Å². The van der Waals surface area contributed by atoms with Gasteiger partial charge in [0.25, 0.3) is 0 Å². The van der Waals surface area contributed by atoms with Crippen LogP contribution < -0.4 is 0 Å². The van der Waals surface area contributed by atoms with Crippen molar-refractivity contribution in [3.05, 3.63) is 41.5 Å². The Bertz CT molecular complexity index is 632. The zero-order chi connectivity index (χ0) is 13.5. The molecule has 0 aliphatic heterocycles. The lowest BCUT2D eigenvalue weighted by atomic mass is 10.0. The van der Waals surface area contributed by atoms with Crippen molar-refractivity contribution >= 4 is 16.7 Å². The van der Waals surface area contributed by atoms with E-state index in [0.717, 1.165) is 24.3 Å². The SMILES string of the molecule is O=C(O)c1cc(O)c2cccc(C(F)(F)F)c2c1. The fourth-order valence-corrected chi connectivity index (χ4v) is 1.74. The summed E-state index contributed by atoms with van der Waals surface area (Å²) in [6.07, 6.45) is -4.61. The average Bonchev–Trinajstić information content (AvgIpc) is 2.26. The minimum Gasteiger partial charge on any atom is -0.507 e. The first kappa shape index (κ1) is 12.2. The monoisotopic (exact) mass is 256 g/mol. The van der Waals surface area contributed by atoms with Gasteiger partial charge in [-0.3, -0.25) is 0 Å². The molecule has 2 rings (SSSR count). The van der Waals surface area contributed by atoms with Crippen LogP contribution in [0.4, 0.5) is 13.2 Å². The number of rotatable bonds is 1. The third-order valence-corrected chi connectivity index (χ3v) is 2.53. The summed E-state index contributed by atoms with van der Waals surface area (Å²) in [4.78, 5) is 10.8. The molecule has 2 N–H and O–H groups in total. The summed E-state index contributed by atoms with van der Waals surface area (Å²) in [5, 5.41) is 18.0. The Morgan fingerprint density at radius 2 is 1.78 bits per heavy atom. The van der Waals surface area contributed by atoms with Crippen LogP contribution in [0.25, 0.3) is 10.8 Å². The Hall–Kier alpha value is -2.24. The van der Waals surface area contributed by atoms with Gasteiger partial charge in [0.15, 0.2) is 0 Å². The van der Waals surface area contributed by atoms with Crippen molar-refractivity contribution in [2.45, 2.75) is 6.18 Å². The summed E-state index contributed by atoms with van der Waals surface area (Å²) in [5.41, 5.74) is -1.37. The first-order chi connectivity index (χ1) is 8.30. The minimum absolute atomic E-state index is 0.0326. The smallest absolute Gasteiger partial charge is 0.417 e. The molecule has 2 aromatic carbocycles. The number of phenolic OH excluding ortho intramolecular Hbond substituents is 1. The van der Waals surface area contributed by atoms with Gasteiger partial charge in [-0.1, -0.05) is 12.1 Å². The number of hydrogen-bond acceptors (Lipinski definition) is 2. The Balaban J connectivity index is 2.86. The number of fused-ring (bicyclic) bond motifs is 1. The van der Waals surface area contributed by atoms with Gasteiger partial charge in [-0.05, 0) is 23.6 Å². The van der Waals surface area contributed by atoms with Crippen molar-refractivity contribution in [2.75, 3.05) is 0 Å². The van der Waals surface area contributed by atoms with E-state index in [0.29, 0.717) is 0 Å². The van der Waals surface area contributed by atoms with Crippen molar-refractivity contribution in [2.24, 2.45) is 0 Å². The van der Waals surface area contributed by atoms with E-state index in [4.69, 9.17) is 5.11 Å². The molecule has 0 spiro atoms. The molecule has 0 saturated heterocycles. The number of hydrogen-bond donors (Lipinski definition) is 2. The Morgan fingerprint density at radius 3 is 2.33 bits per heavy atom. The van der Waals surface area contributed by atoms with Crippen LogP contribution in [0.3, 0.4) is 0 Å². The van der Waals surface area contributed by atoms with E-state index in [2.05, 4.69) is 0 Å². The Labute approximate surface area is 99.1 Å². The van der Waals surface area contributed by atoms with E-state index < -0.39 is 29.0 Å². The van der Waals surface area contributed by atoms with Gasteiger partial charge in [0, 0.05) is 5.39 Å². The second-order valence-electron chi connectivity index (χ2n) is 3.70. The fourth-order valence-electron chi connectivity index (χ4n) is 1.74. The number of carbonyl (C=O) groups is 1. The van der Waals surface area contributed by atoms with Gasteiger partial charge in [0.2, 0.25) is 0 Å². The topological polar surface area (TPSA) is 57.5 Å². The number of alkyl halides is 3. The van der Waals surface area contributed by atoms with Crippen LogP contribution in [0.1, 0.15) is 15.9 Å². The highest BCUT2D eigenvalue weighted by Crippen LogP contribution is 2.37. The maximum Gasteiger partial charge on any atom is 0.417 e. The van der Waals surface area contributed by atoms with Crippen molar-refractivity contribution < 1.29 is 28.2 Å². The number of aromatic hydroxyl groups is 1. The van der Waals surface area contributed by atoms with Gasteiger partial charge in [-0.2, -0.15) is 13.2 Å². The molecule has 3 nitrogen and oxygen atoms in total. The lowest BCUT2D eigenvalue weighted by Crippen LogP contribution is -2.06. The van der Waals surface area contributed by atoms with Crippen LogP contribution in [0.2, 0.25) is 0 Å². The lowest BCUT2D eigenvalue weighted by Gasteiger charge is -2.11. The minimum atomic E-state index is -4.61. The number of benzene rings is 2. The zero-order valence-corrected chi connectivity index (χ0v) is 8.82. The molecule has 0 radical (unpaired) electrons. The summed E-state index contributed by atoms with van der Waals surface area (Å²) >= 11 is 0. The molecule has 0 aliphatic carbocycles. The first-order valence-corrected chi connectivity index (χ1v) is 4.87. The predicted octanol–water partition coefficient (Wildman–Crippen LogP) is 3.26. The number of carboxylic acid groups (broad SMARTS) is 1. The molecule has 0 amide bonds. The second-order valence-corrected chi connectivity index (χ2v) is 3.70. The first-order valence-electron chi connectivity index (χ1n) is 4.87. The average molecular weight is 256 g/mol. The molecule has 0 unspecified atom stereocenters. The molecule has 0 aliphatic rings. The second kappa shape index (κ2) is 3.90. The maximum absolute atomic E-state index is 12.8. The molecule has 0 bridgehead atoms. The summed E-state index contributed by atoms with van der Waals surface area (Å²) < 4.78 is 38.3. The van der Waals surface area contributed by atoms with Crippen molar-refractivity contribution in [3.8, 4) is 5.75 Å². The molecule has 0 saturated carbocycles. The quantitative estimate of drug-likeness (QED) is 0.823. The van der Waals surface area contributed by atoms with Gasteiger partial charge in [-0.15, -0.1) is 0 Å². The molecule has 0 fully saturated rings. The maximum atomic E-state index is 12.8. The van der Waals surface area contributed by atoms with E-state index >= 15 is 0 Å². The summed E-state index contributed by atoms with van der Waals surface area (Å²) in [6.45, 7) is 0. The van der Waals surface area contributed by atoms with Gasteiger partial charge in [-0.25, -0.2) is 4.79 Å². The molecular weight excluding hydrogens is 249 g/mol. The van der Waals surface area contributed by atoms with Crippen LogP contribution in [0.15, 0.2) is 30.3 Å². The van der Waals surface area contributed by atoms with E-state index in [1.54, 1.807) is 0 Å². The summed E-state index contributed by atoms with van der Waals surface area (Å²) in [7, 11) is 0. The van der Waals surface area contributed by atoms with Crippen LogP contribution in [-0.2, 0) is 6.18 Å². The molecule has 94 valence electrons. The van der Waals surface area contributed by atoms with Crippen molar-refractivity contribution in [1.29, 1.82) is 0 Å². The predicted molar refractivity (Wildman–Crippen MR) is 57.6 cm³/mol. The summed E-state index contributed by atoms with van der Waals surface area (Å²) in [5.74, 6) is -1.89. The number of halogens is 3. The zero-order valence-electron chi connectivity index (χ0n) is 8.82. The van der Waals surface area contributed by atoms with E-state index in [-0.39, 0.29) is 10.8 Å². The van der Waals surface area contributed by atoms with Crippen LogP contribution in [0.5, 0.6) is 5.75 Å². The van der Waals surface area contributed by atoms with Crippen LogP contribution >= 0.6 is 0 Å². The molecule has 18 heavy (non-hydrogen) atoms. The van der Waals surface area contributed by atoms with Gasteiger partial charge < -0.3 is 10.2 Å². The number of carboxylic acids is 1. The molecule has 6 heteroatoms. The van der Waals surface area contributed by atoms with E-state index in [1.807, 2.05) is 0 Å². The van der Waals surface area contributed by atoms with Crippen LogP contribution in [-0.4, -0.2) is 16.2 Å². The highest BCUT2D eigenvalue weighted by atomic mass is 19.4. The number of aromatic carboxylic acids is 1. The molecule has 0 atom stereocenters. The fraction of sp³-hybridized carbons (Fsp3) is 0.0833. The summed E-state index contributed by atoms with van der Waals surface area (Å²) in [6, 6.07) is 5.12. The van der Waals surface area contributed by atoms with E-state index in [9.17, 15) is 23.1 Å². The lowest BCUT2D eigenvalue weighted by molar-refractivity contribution is -0.136. The van der Waals surface area contributed by atoms with Gasteiger partial charge >= 0.3 is 12.1 Å². The Kier molecular flexibility index (Phi) is 2.65. The highest BCUT2D eigenvalue weighted by Gasteiger charge is 2.32. The normalized spacial score (nSPS) is 11.7. The highest BCUT2D eigenvalue weighted by molar-refractivity contribution is 5.98. The van der Waals surface area contributed by atoms with Crippen molar-refractivity contribution in [3.63, 3.8) is 0 Å².